The number of furan rings is 1. The van der Waals surface area contributed by atoms with Crippen LogP contribution in [0.2, 0.25) is 0 Å². The van der Waals surface area contributed by atoms with Gasteiger partial charge in [-0.2, -0.15) is 0 Å². The summed E-state index contributed by atoms with van der Waals surface area (Å²) < 4.78 is 6.32. The second-order valence-corrected chi connectivity index (χ2v) is 4.32. The molecule has 0 saturated heterocycles. The molecule has 0 fully saturated rings. The molecule has 4 nitrogen and oxygen atoms in total. The number of hydrogen-bond donors (Lipinski definition) is 1. The highest BCUT2D eigenvalue weighted by Gasteiger charge is 2.10. The summed E-state index contributed by atoms with van der Waals surface area (Å²) >= 11 is 2.13. The van der Waals surface area contributed by atoms with Gasteiger partial charge in [0.15, 0.2) is 11.6 Å². The lowest BCUT2D eigenvalue weighted by atomic mass is 10.3. The van der Waals surface area contributed by atoms with E-state index >= 15 is 0 Å². The zero-order chi connectivity index (χ0) is 11.0. The summed E-state index contributed by atoms with van der Waals surface area (Å²) in [5.74, 6) is 2.52. The first-order valence-electron chi connectivity index (χ1n) is 4.44. The van der Waals surface area contributed by atoms with Gasteiger partial charge in [0.2, 0.25) is 0 Å². The van der Waals surface area contributed by atoms with E-state index in [1.165, 1.54) is 0 Å². The molecule has 0 aliphatic heterocycles. The van der Waals surface area contributed by atoms with Gasteiger partial charge in [-0.1, -0.05) is 0 Å². The highest BCUT2D eigenvalue weighted by molar-refractivity contribution is 14.1. The lowest BCUT2D eigenvalue weighted by Crippen LogP contribution is -2.01. The first-order chi connectivity index (χ1) is 7.08. The second kappa shape index (κ2) is 3.80. The Balaban J connectivity index is 2.55. The van der Waals surface area contributed by atoms with E-state index in [0.29, 0.717) is 17.4 Å². The largest absolute Gasteiger partial charge is 0.458 e. The van der Waals surface area contributed by atoms with Crippen molar-refractivity contribution in [2.45, 2.75) is 13.8 Å². The summed E-state index contributed by atoms with van der Waals surface area (Å²) in [7, 11) is 0. The molecular formula is C10H10IN3O. The summed E-state index contributed by atoms with van der Waals surface area (Å²) in [6, 6.07) is 3.72. The zero-order valence-electron chi connectivity index (χ0n) is 8.41. The Hall–Kier alpha value is -1.11. The van der Waals surface area contributed by atoms with E-state index in [2.05, 4.69) is 32.6 Å². The average Bonchev–Trinajstić information content (AvgIpc) is 2.60. The zero-order valence-corrected chi connectivity index (χ0v) is 10.6. The molecule has 2 N–H and O–H groups in total. The van der Waals surface area contributed by atoms with Gasteiger partial charge in [-0.15, -0.1) is 0 Å². The highest BCUT2D eigenvalue weighted by atomic mass is 127. The van der Waals surface area contributed by atoms with E-state index in [1.54, 1.807) is 0 Å². The number of rotatable bonds is 1. The summed E-state index contributed by atoms with van der Waals surface area (Å²) in [6.07, 6.45) is 0. The van der Waals surface area contributed by atoms with E-state index in [9.17, 15) is 0 Å². The van der Waals surface area contributed by atoms with E-state index in [-0.39, 0.29) is 0 Å². The van der Waals surface area contributed by atoms with Crippen molar-refractivity contribution in [2.24, 2.45) is 0 Å². The third-order valence-electron chi connectivity index (χ3n) is 2.00. The molecule has 0 unspecified atom stereocenters. The molecule has 0 saturated carbocycles. The van der Waals surface area contributed by atoms with E-state index in [1.807, 2.05) is 26.0 Å². The predicted molar refractivity (Wildman–Crippen MR) is 66.3 cm³/mol. The number of hydrogen-bond acceptors (Lipinski definition) is 4. The minimum absolute atomic E-state index is 0.493. The maximum atomic E-state index is 5.77. The molecule has 15 heavy (non-hydrogen) atoms. The molecule has 0 aromatic carbocycles. The van der Waals surface area contributed by atoms with Gasteiger partial charge in [-0.05, 0) is 48.6 Å². The maximum absolute atomic E-state index is 5.77. The number of aromatic nitrogens is 2. The minimum atomic E-state index is 0.493. The van der Waals surface area contributed by atoms with Crippen molar-refractivity contribution in [3.8, 4) is 11.6 Å². The number of nitrogens with two attached hydrogens (primary N) is 1. The second-order valence-electron chi connectivity index (χ2n) is 3.24. The van der Waals surface area contributed by atoms with Crippen LogP contribution in [0, 0.1) is 17.4 Å². The fourth-order valence-corrected chi connectivity index (χ4v) is 1.49. The van der Waals surface area contributed by atoms with Crippen LogP contribution in [0.5, 0.6) is 0 Å². The van der Waals surface area contributed by atoms with Crippen molar-refractivity contribution in [3.63, 3.8) is 0 Å². The van der Waals surface area contributed by atoms with Crippen LogP contribution in [0.25, 0.3) is 11.6 Å². The van der Waals surface area contributed by atoms with Gasteiger partial charge < -0.3 is 10.2 Å². The van der Waals surface area contributed by atoms with Gasteiger partial charge in [-0.25, -0.2) is 9.97 Å². The van der Waals surface area contributed by atoms with Crippen molar-refractivity contribution in [1.29, 1.82) is 0 Å². The first kappa shape index (κ1) is 10.4. The molecule has 0 bridgehead atoms. The van der Waals surface area contributed by atoms with Gasteiger partial charge in [0, 0.05) is 0 Å². The van der Waals surface area contributed by atoms with Crippen LogP contribution in [0.1, 0.15) is 11.5 Å². The summed E-state index contributed by atoms with van der Waals surface area (Å²) in [5, 5.41) is 0. The van der Waals surface area contributed by atoms with Crippen LogP contribution in [0.15, 0.2) is 16.5 Å². The SMILES string of the molecule is Cc1ccc(-c2nc(C)c(I)c(N)n2)o1. The van der Waals surface area contributed by atoms with Crippen LogP contribution >= 0.6 is 22.6 Å². The standard InChI is InChI=1S/C10H10IN3O/c1-5-3-4-7(15-5)10-13-6(2)8(11)9(12)14-10/h3-4H,1-2H3,(H2,12,13,14). The summed E-state index contributed by atoms with van der Waals surface area (Å²) in [5.41, 5.74) is 6.63. The number of nitrogen functional groups attached to an aromatic ring is 1. The van der Waals surface area contributed by atoms with Crippen LogP contribution in [-0.2, 0) is 0 Å². The van der Waals surface area contributed by atoms with Gasteiger partial charge in [-0.3, -0.25) is 0 Å². The van der Waals surface area contributed by atoms with Crippen molar-refractivity contribution in [1.82, 2.24) is 9.97 Å². The number of nitrogens with zero attached hydrogens (tertiary/aromatic N) is 2. The predicted octanol–water partition coefficient (Wildman–Crippen LogP) is 2.54. The molecule has 2 rings (SSSR count). The molecule has 2 aromatic heterocycles. The minimum Gasteiger partial charge on any atom is -0.458 e. The number of aryl methyl sites for hydroxylation is 2. The fourth-order valence-electron chi connectivity index (χ4n) is 1.25. The summed E-state index contributed by atoms with van der Waals surface area (Å²) in [6.45, 7) is 3.78. The Bertz CT molecular complexity index is 484. The fraction of sp³-hybridized carbons (Fsp3) is 0.200. The molecular weight excluding hydrogens is 305 g/mol. The Morgan fingerprint density at radius 2 is 2.00 bits per heavy atom. The third-order valence-corrected chi connectivity index (χ3v) is 3.34. The van der Waals surface area contributed by atoms with Crippen LogP contribution in [0.4, 0.5) is 5.82 Å². The van der Waals surface area contributed by atoms with Crippen molar-refractivity contribution in [2.75, 3.05) is 5.73 Å². The lowest BCUT2D eigenvalue weighted by molar-refractivity contribution is 0.544. The van der Waals surface area contributed by atoms with E-state index in [0.717, 1.165) is 15.0 Å². The van der Waals surface area contributed by atoms with Gasteiger partial charge in [0.05, 0.1) is 9.26 Å². The molecule has 0 amide bonds. The monoisotopic (exact) mass is 315 g/mol. The first-order valence-corrected chi connectivity index (χ1v) is 5.52. The molecule has 2 aromatic rings. The number of halogens is 1. The topological polar surface area (TPSA) is 64.9 Å². The lowest BCUT2D eigenvalue weighted by Gasteiger charge is -2.03. The number of anilines is 1. The van der Waals surface area contributed by atoms with Gasteiger partial charge in [0.1, 0.15) is 11.6 Å². The molecule has 0 radical (unpaired) electrons. The highest BCUT2D eigenvalue weighted by Crippen LogP contribution is 2.22. The smallest absolute Gasteiger partial charge is 0.197 e. The maximum Gasteiger partial charge on any atom is 0.197 e. The van der Waals surface area contributed by atoms with Crippen LogP contribution in [-0.4, -0.2) is 9.97 Å². The van der Waals surface area contributed by atoms with E-state index in [4.69, 9.17) is 10.2 Å². The Labute approximate surface area is 101 Å². The Morgan fingerprint density at radius 3 is 2.53 bits per heavy atom. The summed E-state index contributed by atoms with van der Waals surface area (Å²) in [4.78, 5) is 8.51. The molecule has 0 aliphatic rings. The quantitative estimate of drug-likeness (QED) is 0.821. The Morgan fingerprint density at radius 1 is 1.27 bits per heavy atom. The van der Waals surface area contributed by atoms with Crippen molar-refractivity contribution >= 4 is 28.4 Å². The third kappa shape index (κ3) is 1.97. The average molecular weight is 315 g/mol. The molecule has 0 atom stereocenters. The normalized spacial score (nSPS) is 10.6. The van der Waals surface area contributed by atoms with Crippen LogP contribution < -0.4 is 5.73 Å². The van der Waals surface area contributed by atoms with E-state index < -0.39 is 0 Å². The molecule has 5 heteroatoms. The van der Waals surface area contributed by atoms with Gasteiger partial charge >= 0.3 is 0 Å². The van der Waals surface area contributed by atoms with Crippen molar-refractivity contribution < 1.29 is 4.42 Å². The van der Waals surface area contributed by atoms with Gasteiger partial charge in [0.25, 0.3) is 0 Å². The molecule has 0 aliphatic carbocycles. The Kier molecular flexibility index (Phi) is 2.64. The molecule has 0 spiro atoms. The molecule has 2 heterocycles. The molecule has 78 valence electrons. The van der Waals surface area contributed by atoms with Crippen LogP contribution in [0.3, 0.4) is 0 Å². The van der Waals surface area contributed by atoms with Crippen molar-refractivity contribution in [3.05, 3.63) is 27.2 Å².